The maximum absolute atomic E-state index is 13.4. The maximum atomic E-state index is 13.4. The summed E-state index contributed by atoms with van der Waals surface area (Å²) in [7, 11) is -2.45. The molecule has 3 heterocycles. The highest BCUT2D eigenvalue weighted by molar-refractivity contribution is 7.89. The van der Waals surface area contributed by atoms with Gasteiger partial charge in [0.2, 0.25) is 5.95 Å². The van der Waals surface area contributed by atoms with E-state index in [4.69, 9.17) is 14.5 Å². The summed E-state index contributed by atoms with van der Waals surface area (Å²) in [6.07, 6.45) is 2.92. The van der Waals surface area contributed by atoms with Gasteiger partial charge in [-0.2, -0.15) is 9.97 Å². The highest BCUT2D eigenvalue weighted by atomic mass is 32.2. The molecular formula is C28H33N9O4S. The number of methoxy groups -OCH3 is 1. The van der Waals surface area contributed by atoms with Gasteiger partial charge in [-0.05, 0) is 19.4 Å². The van der Waals surface area contributed by atoms with E-state index < -0.39 is 16.1 Å². The average Bonchev–Trinajstić information content (AvgIpc) is 3.66. The first-order valence-corrected chi connectivity index (χ1v) is 15.0. The summed E-state index contributed by atoms with van der Waals surface area (Å²) in [6.45, 7) is 4.58. The average molecular weight is 592 g/mol. The van der Waals surface area contributed by atoms with Crippen molar-refractivity contribution in [3.63, 3.8) is 0 Å². The number of fused-ring (bicyclic) bond motifs is 1. The Kier molecular flexibility index (Phi) is 9.05. The molecule has 0 amide bonds. The lowest BCUT2D eigenvalue weighted by molar-refractivity contribution is -0.0321. The Morgan fingerprint density at radius 2 is 1.69 bits per heavy atom. The van der Waals surface area contributed by atoms with Gasteiger partial charge in [-0.15, -0.1) is 9.19 Å². The molecule has 2 N–H and O–H groups in total. The van der Waals surface area contributed by atoms with E-state index in [2.05, 4.69) is 30.7 Å². The van der Waals surface area contributed by atoms with E-state index in [0.717, 1.165) is 9.65 Å². The van der Waals surface area contributed by atoms with Crippen LogP contribution in [0.3, 0.4) is 0 Å². The summed E-state index contributed by atoms with van der Waals surface area (Å²) < 4.78 is 40.2. The van der Waals surface area contributed by atoms with Crippen LogP contribution in [0.4, 0.5) is 11.8 Å². The number of benzene rings is 2. The van der Waals surface area contributed by atoms with E-state index in [1.54, 1.807) is 6.33 Å². The molecule has 0 spiro atoms. The highest BCUT2D eigenvalue weighted by Crippen LogP contribution is 2.24. The molecule has 14 heteroatoms. The van der Waals surface area contributed by atoms with Crippen LogP contribution in [0.5, 0.6) is 0 Å². The zero-order valence-corrected chi connectivity index (χ0v) is 24.4. The van der Waals surface area contributed by atoms with Crippen LogP contribution in [-0.2, 0) is 26.0 Å². The van der Waals surface area contributed by atoms with Crippen molar-refractivity contribution in [2.24, 2.45) is 0 Å². The molecule has 42 heavy (non-hydrogen) atoms. The fourth-order valence-corrected chi connectivity index (χ4v) is 5.52. The normalized spacial score (nSPS) is 12.6. The number of imidazole rings is 1. The van der Waals surface area contributed by atoms with Crippen LogP contribution < -0.4 is 10.6 Å². The Hall–Kier alpha value is -4.40. The second-order valence-corrected chi connectivity index (χ2v) is 11.7. The summed E-state index contributed by atoms with van der Waals surface area (Å²) in [5.74, 6) is 0.690. The van der Waals surface area contributed by atoms with Crippen molar-refractivity contribution < 1.29 is 17.9 Å². The van der Waals surface area contributed by atoms with Crippen LogP contribution in [0, 0.1) is 0 Å². The van der Waals surface area contributed by atoms with Gasteiger partial charge in [0.05, 0.1) is 24.7 Å². The molecule has 0 aliphatic rings. The molecule has 0 bridgehead atoms. The number of aromatic nitrogens is 7. The number of nitrogens with one attached hydrogen (secondary N) is 2. The summed E-state index contributed by atoms with van der Waals surface area (Å²) in [5.41, 5.74) is 3.01. The molecule has 0 radical (unpaired) electrons. The van der Waals surface area contributed by atoms with E-state index >= 15 is 0 Å². The monoisotopic (exact) mass is 591 g/mol. The molecule has 0 aliphatic carbocycles. The number of hydrogen-bond donors (Lipinski definition) is 2. The quantitative estimate of drug-likeness (QED) is 0.144. The van der Waals surface area contributed by atoms with Crippen LogP contribution in [0.2, 0.25) is 0 Å². The standard InChI is InChI=1S/C28H33N9O4S/c1-20(2)36-17-30-24-26(29-14-21-10-6-4-7-11-21)33-28(34-27(24)36)32-23(15-41-19-40-3)16-42(38,39)37-18-31-25(35-37)22-12-8-5-9-13-22/h4-13,17-18,20,23H,14-16,19H2,1-3H3,(H2,29,32,33,34). The highest BCUT2D eigenvalue weighted by Gasteiger charge is 2.25. The number of anilines is 2. The summed E-state index contributed by atoms with van der Waals surface area (Å²) in [4.78, 5) is 18.1. The summed E-state index contributed by atoms with van der Waals surface area (Å²) in [6, 6.07) is 18.4. The molecule has 0 saturated heterocycles. The van der Waals surface area contributed by atoms with Gasteiger partial charge < -0.3 is 24.7 Å². The van der Waals surface area contributed by atoms with Crippen molar-refractivity contribution in [1.29, 1.82) is 0 Å². The van der Waals surface area contributed by atoms with Gasteiger partial charge in [0.1, 0.15) is 13.1 Å². The minimum atomic E-state index is -3.94. The lowest BCUT2D eigenvalue weighted by Crippen LogP contribution is -2.36. The SMILES string of the molecule is COCOCC(CS(=O)(=O)n1cnc(-c2ccccc2)n1)Nc1nc(NCc2ccccc2)c2ncn(C(C)C)c2n1. The number of rotatable bonds is 14. The van der Waals surface area contributed by atoms with Crippen molar-refractivity contribution in [1.82, 2.24) is 33.7 Å². The van der Waals surface area contributed by atoms with Gasteiger partial charge in [-0.1, -0.05) is 60.7 Å². The first-order valence-electron chi connectivity index (χ1n) is 13.4. The topological polar surface area (TPSA) is 151 Å². The Bertz CT molecular complexity index is 1710. The van der Waals surface area contributed by atoms with Crippen LogP contribution in [0.15, 0.2) is 73.3 Å². The Balaban J connectivity index is 1.42. The third-order valence-electron chi connectivity index (χ3n) is 6.33. The lowest BCUT2D eigenvalue weighted by atomic mass is 10.2. The van der Waals surface area contributed by atoms with Crippen LogP contribution in [0.1, 0.15) is 25.5 Å². The van der Waals surface area contributed by atoms with E-state index in [1.165, 1.54) is 13.4 Å². The van der Waals surface area contributed by atoms with Gasteiger partial charge in [0.25, 0.3) is 10.0 Å². The van der Waals surface area contributed by atoms with Crippen molar-refractivity contribution in [3.05, 3.63) is 78.9 Å². The van der Waals surface area contributed by atoms with E-state index in [0.29, 0.717) is 34.9 Å². The first-order chi connectivity index (χ1) is 20.3. The Morgan fingerprint density at radius 1 is 0.952 bits per heavy atom. The third-order valence-corrected chi connectivity index (χ3v) is 7.90. The molecule has 0 fully saturated rings. The molecule has 2 aromatic carbocycles. The molecule has 220 valence electrons. The zero-order valence-electron chi connectivity index (χ0n) is 23.6. The van der Waals surface area contributed by atoms with Gasteiger partial charge in [0, 0.05) is 25.3 Å². The Labute approximate surface area is 244 Å². The molecule has 1 unspecified atom stereocenters. The maximum Gasteiger partial charge on any atom is 0.257 e. The molecule has 0 saturated carbocycles. The third kappa shape index (κ3) is 6.90. The molecule has 3 aromatic heterocycles. The number of ether oxygens (including phenoxy) is 2. The predicted molar refractivity (Wildman–Crippen MR) is 159 cm³/mol. The van der Waals surface area contributed by atoms with Crippen molar-refractivity contribution in [2.75, 3.05) is 36.9 Å². The molecule has 13 nitrogen and oxygen atoms in total. The van der Waals surface area contributed by atoms with E-state index in [1.807, 2.05) is 79.1 Å². The van der Waals surface area contributed by atoms with Crippen LogP contribution in [-0.4, -0.2) is 74.4 Å². The van der Waals surface area contributed by atoms with E-state index in [-0.39, 0.29) is 31.1 Å². The van der Waals surface area contributed by atoms with Crippen molar-refractivity contribution in [2.45, 2.75) is 32.5 Å². The molecule has 1 atom stereocenters. The second kappa shape index (κ2) is 13.1. The van der Waals surface area contributed by atoms with Crippen LogP contribution in [0.25, 0.3) is 22.6 Å². The minimum Gasteiger partial charge on any atom is -0.364 e. The zero-order chi connectivity index (χ0) is 29.5. The fourth-order valence-electron chi connectivity index (χ4n) is 4.28. The van der Waals surface area contributed by atoms with Crippen LogP contribution >= 0.6 is 0 Å². The lowest BCUT2D eigenvalue weighted by Gasteiger charge is -2.19. The van der Waals surface area contributed by atoms with Crippen molar-refractivity contribution in [3.8, 4) is 11.4 Å². The van der Waals surface area contributed by atoms with Gasteiger partial charge >= 0.3 is 0 Å². The smallest absolute Gasteiger partial charge is 0.257 e. The van der Waals surface area contributed by atoms with Gasteiger partial charge in [-0.3, -0.25) is 0 Å². The second-order valence-electron chi connectivity index (χ2n) is 9.86. The fraction of sp³-hybridized carbons (Fsp3) is 0.321. The van der Waals surface area contributed by atoms with Gasteiger partial charge in [0.15, 0.2) is 22.8 Å². The Morgan fingerprint density at radius 3 is 2.40 bits per heavy atom. The first kappa shape index (κ1) is 29.1. The molecule has 5 rings (SSSR count). The number of hydrogen-bond acceptors (Lipinski definition) is 11. The molecular weight excluding hydrogens is 558 g/mol. The predicted octanol–water partition coefficient (Wildman–Crippen LogP) is 3.56. The summed E-state index contributed by atoms with van der Waals surface area (Å²) in [5, 5.41) is 10.7. The van der Waals surface area contributed by atoms with E-state index in [9.17, 15) is 8.42 Å². The van der Waals surface area contributed by atoms with Crippen molar-refractivity contribution >= 4 is 33.0 Å². The molecule has 5 aromatic rings. The number of nitrogens with zero attached hydrogens (tertiary/aromatic N) is 7. The largest absolute Gasteiger partial charge is 0.364 e. The minimum absolute atomic E-state index is 0.00489. The molecule has 0 aliphatic heterocycles. The van der Waals surface area contributed by atoms with Gasteiger partial charge in [-0.25, -0.2) is 18.4 Å². The summed E-state index contributed by atoms with van der Waals surface area (Å²) >= 11 is 0.